The highest BCUT2D eigenvalue weighted by Crippen LogP contribution is 1.71. The highest BCUT2D eigenvalue weighted by atomic mass is 15.3. The van der Waals surface area contributed by atoms with Crippen LogP contribution in [-0.4, -0.2) is 34.5 Å². The van der Waals surface area contributed by atoms with E-state index >= 15 is 0 Å². The third-order valence-corrected chi connectivity index (χ3v) is 0.772. The van der Waals surface area contributed by atoms with Gasteiger partial charge in [-0.05, 0) is 0 Å². The molecule has 0 saturated carbocycles. The second-order valence-electron chi connectivity index (χ2n) is 1.47. The largest absolute Gasteiger partial charge is 0.268 e. The summed E-state index contributed by atoms with van der Waals surface area (Å²) in [6.45, 7) is 0.778. The average Bonchev–Trinajstić information content (AvgIpc) is 2.67. The van der Waals surface area contributed by atoms with Crippen molar-refractivity contribution in [2.75, 3.05) is 6.54 Å². The fourth-order valence-corrected chi connectivity index (χ4v) is 0.402. The number of aliphatic imine (C=N–C) groups is 2. The number of nitrogens with one attached hydrogen (secondary N) is 1. The smallest absolute Gasteiger partial charge is 0.109 e. The van der Waals surface area contributed by atoms with Gasteiger partial charge in [0.15, 0.2) is 0 Å². The molecule has 0 fully saturated rings. The minimum absolute atomic E-state index is 0.778. The van der Waals surface area contributed by atoms with Gasteiger partial charge >= 0.3 is 0 Å². The van der Waals surface area contributed by atoms with Gasteiger partial charge in [0.1, 0.15) is 6.34 Å². The number of hydrogen-bond donors (Lipinski definition) is 1. The van der Waals surface area contributed by atoms with Gasteiger partial charge in [0.2, 0.25) is 0 Å². The van der Waals surface area contributed by atoms with Gasteiger partial charge in [-0.2, -0.15) is 15.4 Å². The topological polar surface area (TPSA) is 66.3 Å². The van der Waals surface area contributed by atoms with E-state index in [1.807, 2.05) is 0 Å². The van der Waals surface area contributed by atoms with Gasteiger partial charge < -0.3 is 0 Å². The molecule has 1 aromatic rings. The predicted octanol–water partition coefficient (Wildman–Crippen LogP) is -0.0962. The monoisotopic (exact) mass is 137 g/mol. The van der Waals surface area contributed by atoms with Crippen LogP contribution in [0.1, 0.15) is 0 Å². The van der Waals surface area contributed by atoms with Gasteiger partial charge in [0, 0.05) is 6.21 Å². The summed E-state index contributed by atoms with van der Waals surface area (Å²) in [6, 6.07) is 0. The Morgan fingerprint density at radius 1 is 1.20 bits per heavy atom. The van der Waals surface area contributed by atoms with Gasteiger partial charge in [-0.15, -0.1) is 0 Å². The first-order valence-corrected chi connectivity index (χ1v) is 2.80. The zero-order chi connectivity index (χ0) is 7.07. The van der Waals surface area contributed by atoms with Gasteiger partial charge in [0.05, 0.1) is 18.9 Å². The van der Waals surface area contributed by atoms with Crippen molar-refractivity contribution >= 4 is 12.6 Å². The molecule has 2 heterocycles. The highest BCUT2D eigenvalue weighted by Gasteiger charge is 1.73. The summed E-state index contributed by atoms with van der Waals surface area (Å²) in [5.41, 5.74) is 0. The number of nitrogens with zero attached hydrogens (tertiary/aromatic N) is 4. The summed E-state index contributed by atoms with van der Waals surface area (Å²) >= 11 is 0. The van der Waals surface area contributed by atoms with E-state index in [-0.39, 0.29) is 0 Å². The van der Waals surface area contributed by atoms with Gasteiger partial charge in [-0.3, -0.25) is 4.99 Å². The van der Waals surface area contributed by atoms with E-state index < -0.39 is 0 Å². The van der Waals surface area contributed by atoms with Gasteiger partial charge in [0.25, 0.3) is 0 Å². The molecule has 1 aromatic heterocycles. The van der Waals surface area contributed by atoms with Crippen LogP contribution in [-0.2, 0) is 0 Å². The Morgan fingerprint density at radius 2 is 2.00 bits per heavy atom. The average molecular weight is 137 g/mol. The van der Waals surface area contributed by atoms with E-state index in [1.165, 1.54) is 0 Å². The third-order valence-electron chi connectivity index (χ3n) is 0.772. The molecule has 1 aliphatic heterocycles. The van der Waals surface area contributed by atoms with Crippen molar-refractivity contribution in [2.24, 2.45) is 9.98 Å². The number of rotatable bonds is 0. The van der Waals surface area contributed by atoms with Crippen molar-refractivity contribution in [1.29, 1.82) is 0 Å². The van der Waals surface area contributed by atoms with Crippen LogP contribution >= 0.6 is 0 Å². The number of aromatic nitrogens is 3. The number of H-pyrrole nitrogens is 1. The molecular weight excluding hydrogens is 130 g/mol. The lowest BCUT2D eigenvalue weighted by molar-refractivity contribution is 0.940. The van der Waals surface area contributed by atoms with Crippen molar-refractivity contribution in [2.45, 2.75) is 0 Å². The van der Waals surface area contributed by atoms with Crippen LogP contribution in [0.25, 0.3) is 0 Å². The maximum absolute atomic E-state index is 3.74. The van der Waals surface area contributed by atoms with E-state index in [4.69, 9.17) is 0 Å². The second kappa shape index (κ2) is 4.37. The van der Waals surface area contributed by atoms with Crippen LogP contribution in [0.4, 0.5) is 0 Å². The Balaban J connectivity index is 0.0000001000. The van der Waals surface area contributed by atoms with E-state index in [9.17, 15) is 0 Å². The first kappa shape index (κ1) is 6.60. The van der Waals surface area contributed by atoms with Crippen LogP contribution in [0.2, 0.25) is 0 Å². The van der Waals surface area contributed by atoms with E-state index in [0.29, 0.717) is 0 Å². The zero-order valence-electron chi connectivity index (χ0n) is 5.31. The summed E-state index contributed by atoms with van der Waals surface area (Å²) in [6.07, 6.45) is 6.49. The molecule has 1 N–H and O–H groups in total. The Hall–Kier alpha value is -1.52. The first-order chi connectivity index (χ1) is 5.00. The van der Waals surface area contributed by atoms with Crippen molar-refractivity contribution in [3.05, 3.63) is 12.4 Å². The van der Waals surface area contributed by atoms with Crippen LogP contribution in [0.15, 0.2) is 22.4 Å². The molecule has 0 saturated heterocycles. The lowest BCUT2D eigenvalue weighted by Crippen LogP contribution is -1.65. The lowest BCUT2D eigenvalue weighted by atomic mass is 10.8. The summed E-state index contributed by atoms with van der Waals surface area (Å²) in [5, 5.41) is 9.33. The summed E-state index contributed by atoms with van der Waals surface area (Å²) < 4.78 is 0. The molecule has 0 aromatic carbocycles. The minimum atomic E-state index is 0.778. The molecule has 1 aliphatic rings. The number of aromatic amines is 1. The highest BCUT2D eigenvalue weighted by molar-refractivity contribution is 5.79. The molecule has 0 unspecified atom stereocenters. The maximum atomic E-state index is 3.74. The quantitative estimate of drug-likeness (QED) is 0.542. The Kier molecular flexibility index (Phi) is 2.88. The second-order valence-corrected chi connectivity index (χ2v) is 1.47. The van der Waals surface area contributed by atoms with Crippen LogP contribution < -0.4 is 0 Å². The summed E-state index contributed by atoms with van der Waals surface area (Å²) in [7, 11) is 0. The normalized spacial score (nSPS) is 12.8. The first-order valence-electron chi connectivity index (χ1n) is 2.80. The molecule has 0 spiro atoms. The van der Waals surface area contributed by atoms with Crippen molar-refractivity contribution in [3.63, 3.8) is 0 Å². The van der Waals surface area contributed by atoms with E-state index in [0.717, 1.165) is 6.54 Å². The Labute approximate surface area is 57.9 Å². The summed E-state index contributed by atoms with van der Waals surface area (Å²) in [4.78, 5) is 7.40. The van der Waals surface area contributed by atoms with E-state index in [2.05, 4.69) is 25.4 Å². The van der Waals surface area contributed by atoms with E-state index in [1.54, 1.807) is 24.9 Å². The van der Waals surface area contributed by atoms with Crippen molar-refractivity contribution in [1.82, 2.24) is 15.4 Å². The molecule has 5 heteroatoms. The molecule has 0 amide bonds. The standard InChI is InChI=1S/C3H4N2.C2H3N3/c1-2-5-3-4-1;1-2-4-5-3-1/h1,3H,2H2;1-2H,(H,3,4,5). The Bertz CT molecular complexity index is 173. The maximum Gasteiger partial charge on any atom is 0.109 e. The molecule has 5 nitrogen and oxygen atoms in total. The SMILES string of the molecule is C1=NC=NC1.c1cn[nH]n1. The van der Waals surface area contributed by atoms with Crippen molar-refractivity contribution in [3.8, 4) is 0 Å². The van der Waals surface area contributed by atoms with Crippen molar-refractivity contribution < 1.29 is 0 Å². The predicted molar refractivity (Wildman–Crippen MR) is 38.2 cm³/mol. The zero-order valence-corrected chi connectivity index (χ0v) is 5.31. The van der Waals surface area contributed by atoms with Gasteiger partial charge in [-0.25, -0.2) is 4.99 Å². The van der Waals surface area contributed by atoms with Crippen LogP contribution in [0.5, 0.6) is 0 Å². The lowest BCUT2D eigenvalue weighted by Gasteiger charge is -1.56. The molecule has 0 bridgehead atoms. The molecular formula is C5H7N5. The minimum Gasteiger partial charge on any atom is -0.268 e. The molecule has 52 valence electrons. The molecule has 10 heavy (non-hydrogen) atoms. The van der Waals surface area contributed by atoms with Crippen LogP contribution in [0.3, 0.4) is 0 Å². The summed E-state index contributed by atoms with van der Waals surface area (Å²) in [5.74, 6) is 0. The van der Waals surface area contributed by atoms with Gasteiger partial charge in [-0.1, -0.05) is 0 Å². The number of hydrogen-bond acceptors (Lipinski definition) is 4. The Morgan fingerprint density at radius 3 is 2.20 bits per heavy atom. The van der Waals surface area contributed by atoms with Crippen LogP contribution in [0, 0.1) is 0 Å². The third kappa shape index (κ3) is 2.71. The molecule has 0 aliphatic carbocycles. The fraction of sp³-hybridized carbons (Fsp3) is 0.200. The molecule has 0 atom stereocenters. The molecule has 2 rings (SSSR count). The fourth-order valence-electron chi connectivity index (χ4n) is 0.402. The molecule has 0 radical (unpaired) electrons.